The van der Waals surface area contributed by atoms with Crippen molar-refractivity contribution < 1.29 is 14.3 Å². The van der Waals surface area contributed by atoms with Crippen molar-refractivity contribution in [1.82, 2.24) is 14.9 Å². The lowest BCUT2D eigenvalue weighted by molar-refractivity contribution is 0.194. The van der Waals surface area contributed by atoms with E-state index in [4.69, 9.17) is 9.47 Å². The zero-order valence-electron chi connectivity index (χ0n) is 19.1. The van der Waals surface area contributed by atoms with Gasteiger partial charge in [0.25, 0.3) is 0 Å². The summed E-state index contributed by atoms with van der Waals surface area (Å²) in [5.74, 6) is 0.669. The van der Waals surface area contributed by atoms with E-state index in [9.17, 15) is 4.79 Å². The molecule has 0 aliphatic carbocycles. The zero-order valence-corrected chi connectivity index (χ0v) is 19.1. The molecule has 7 nitrogen and oxygen atoms in total. The molecule has 0 spiro atoms. The number of methoxy groups -OCH3 is 1. The van der Waals surface area contributed by atoms with Crippen LogP contribution in [0.5, 0.6) is 5.75 Å². The lowest BCUT2D eigenvalue weighted by atomic mass is 10.1. The van der Waals surface area contributed by atoms with Crippen molar-refractivity contribution in [2.75, 3.05) is 32.2 Å². The van der Waals surface area contributed by atoms with E-state index in [-0.39, 0.29) is 6.03 Å². The fourth-order valence-electron chi connectivity index (χ4n) is 3.54. The Hall–Kier alpha value is -3.32. The van der Waals surface area contributed by atoms with Gasteiger partial charge in [0.15, 0.2) is 0 Å². The average molecular weight is 437 g/mol. The second-order valence-corrected chi connectivity index (χ2v) is 7.62. The normalized spacial score (nSPS) is 10.7. The molecule has 0 fully saturated rings. The highest BCUT2D eigenvalue weighted by Gasteiger charge is 2.12. The fourth-order valence-corrected chi connectivity index (χ4v) is 3.54. The van der Waals surface area contributed by atoms with Gasteiger partial charge in [-0.1, -0.05) is 42.5 Å². The molecule has 3 aromatic rings. The number of aryl methyl sites for hydroxylation is 3. The van der Waals surface area contributed by atoms with Crippen LogP contribution in [0, 0.1) is 13.8 Å². The monoisotopic (exact) mass is 436 g/mol. The summed E-state index contributed by atoms with van der Waals surface area (Å²) < 4.78 is 13.2. The summed E-state index contributed by atoms with van der Waals surface area (Å²) in [6, 6.07) is 15.8. The van der Waals surface area contributed by atoms with Crippen LogP contribution in [0.25, 0.3) is 11.3 Å². The highest BCUT2D eigenvalue weighted by atomic mass is 16.5. The zero-order chi connectivity index (χ0) is 22.8. The van der Waals surface area contributed by atoms with E-state index in [1.54, 1.807) is 7.11 Å². The maximum absolute atomic E-state index is 12.2. The molecule has 170 valence electrons. The molecule has 0 saturated heterocycles. The first-order chi connectivity index (χ1) is 15.6. The molecule has 32 heavy (non-hydrogen) atoms. The van der Waals surface area contributed by atoms with E-state index in [0.717, 1.165) is 41.9 Å². The van der Waals surface area contributed by atoms with Gasteiger partial charge in [-0.05, 0) is 38.3 Å². The largest absolute Gasteiger partial charge is 0.491 e. The highest BCUT2D eigenvalue weighted by molar-refractivity contribution is 5.91. The number of para-hydroxylation sites is 1. The number of anilines is 1. The van der Waals surface area contributed by atoms with Crippen molar-refractivity contribution in [3.05, 3.63) is 66.1 Å². The summed E-state index contributed by atoms with van der Waals surface area (Å²) in [5.41, 5.74) is 4.95. The van der Waals surface area contributed by atoms with Gasteiger partial charge in [0.2, 0.25) is 0 Å². The number of hydrogen-bond donors (Lipinski definition) is 2. The Morgan fingerprint density at radius 3 is 2.62 bits per heavy atom. The predicted octanol–water partition coefficient (Wildman–Crippen LogP) is 4.79. The highest BCUT2D eigenvalue weighted by Crippen LogP contribution is 2.28. The number of urea groups is 1. The SMILES string of the molecule is COCCCNC(=O)Nc1c(C)cccc1OCCCn1cnc(C)c1-c1ccccc1. The molecular weight excluding hydrogens is 404 g/mol. The molecule has 1 aromatic heterocycles. The lowest BCUT2D eigenvalue weighted by Gasteiger charge is -2.16. The van der Waals surface area contributed by atoms with Crippen LogP contribution in [-0.2, 0) is 11.3 Å². The number of aromatic nitrogens is 2. The summed E-state index contributed by atoms with van der Waals surface area (Å²) in [7, 11) is 1.65. The summed E-state index contributed by atoms with van der Waals surface area (Å²) in [6.45, 7) is 6.46. The van der Waals surface area contributed by atoms with Gasteiger partial charge in [0.05, 0.1) is 30.0 Å². The third-order valence-electron chi connectivity index (χ3n) is 5.15. The molecule has 2 amide bonds. The molecule has 1 heterocycles. The Kier molecular flexibility index (Phi) is 8.69. The number of amides is 2. The first-order valence-electron chi connectivity index (χ1n) is 10.9. The van der Waals surface area contributed by atoms with E-state index in [1.165, 1.54) is 0 Å². The second kappa shape index (κ2) is 11.9. The standard InChI is InChI=1S/C25H32N4O3/c1-19-10-7-13-22(23(19)28-25(30)26-14-8-16-31-3)32-17-9-15-29-18-27-20(2)24(29)21-11-5-4-6-12-21/h4-7,10-13,18H,8-9,14-17H2,1-3H3,(H2,26,28,30). The van der Waals surface area contributed by atoms with Crippen molar-refractivity contribution in [3.8, 4) is 17.0 Å². The lowest BCUT2D eigenvalue weighted by Crippen LogP contribution is -2.30. The Morgan fingerprint density at radius 1 is 1.03 bits per heavy atom. The molecule has 3 rings (SSSR count). The van der Waals surface area contributed by atoms with Crippen LogP contribution in [0.3, 0.4) is 0 Å². The van der Waals surface area contributed by atoms with E-state index in [0.29, 0.717) is 31.2 Å². The van der Waals surface area contributed by atoms with E-state index in [2.05, 4.69) is 32.3 Å². The topological polar surface area (TPSA) is 77.4 Å². The van der Waals surface area contributed by atoms with Crippen LogP contribution in [0.2, 0.25) is 0 Å². The molecule has 0 saturated carbocycles. The molecule has 2 N–H and O–H groups in total. The van der Waals surface area contributed by atoms with Gasteiger partial charge in [-0.25, -0.2) is 9.78 Å². The molecule has 0 aliphatic rings. The Labute approximate surface area is 189 Å². The number of carbonyl (C=O) groups excluding carboxylic acids is 1. The molecule has 0 bridgehead atoms. The number of rotatable bonds is 11. The molecule has 7 heteroatoms. The maximum Gasteiger partial charge on any atom is 0.319 e. The van der Waals surface area contributed by atoms with Crippen molar-refractivity contribution in [2.24, 2.45) is 0 Å². The van der Waals surface area contributed by atoms with Crippen LogP contribution >= 0.6 is 0 Å². The number of imidazole rings is 1. The van der Waals surface area contributed by atoms with Crippen LogP contribution in [0.4, 0.5) is 10.5 Å². The van der Waals surface area contributed by atoms with Crippen molar-refractivity contribution in [2.45, 2.75) is 33.2 Å². The third-order valence-corrected chi connectivity index (χ3v) is 5.15. The first kappa shape index (κ1) is 23.3. The summed E-state index contributed by atoms with van der Waals surface area (Å²) in [4.78, 5) is 16.7. The summed E-state index contributed by atoms with van der Waals surface area (Å²) >= 11 is 0. The maximum atomic E-state index is 12.2. The van der Waals surface area contributed by atoms with Crippen molar-refractivity contribution >= 4 is 11.7 Å². The van der Waals surface area contributed by atoms with Gasteiger partial charge in [-0.3, -0.25) is 0 Å². The Morgan fingerprint density at radius 2 is 1.84 bits per heavy atom. The minimum Gasteiger partial charge on any atom is -0.491 e. The van der Waals surface area contributed by atoms with Gasteiger partial charge in [-0.2, -0.15) is 0 Å². The van der Waals surface area contributed by atoms with Crippen LogP contribution in [-0.4, -0.2) is 42.5 Å². The van der Waals surface area contributed by atoms with E-state index < -0.39 is 0 Å². The number of hydrogen-bond acceptors (Lipinski definition) is 4. The van der Waals surface area contributed by atoms with Crippen molar-refractivity contribution in [3.63, 3.8) is 0 Å². The quantitative estimate of drug-likeness (QED) is 0.424. The summed E-state index contributed by atoms with van der Waals surface area (Å²) in [5, 5.41) is 5.75. The Balaban J connectivity index is 1.56. The predicted molar refractivity (Wildman–Crippen MR) is 127 cm³/mol. The number of benzene rings is 2. The van der Waals surface area contributed by atoms with Gasteiger partial charge < -0.3 is 24.7 Å². The molecule has 0 atom stereocenters. The van der Waals surface area contributed by atoms with Gasteiger partial charge >= 0.3 is 6.03 Å². The number of carbonyl (C=O) groups is 1. The second-order valence-electron chi connectivity index (χ2n) is 7.62. The average Bonchev–Trinajstić information content (AvgIpc) is 3.17. The smallest absolute Gasteiger partial charge is 0.319 e. The van der Waals surface area contributed by atoms with Crippen LogP contribution in [0.15, 0.2) is 54.9 Å². The molecule has 0 radical (unpaired) electrons. The Bertz CT molecular complexity index is 1000. The van der Waals surface area contributed by atoms with Gasteiger partial charge in [-0.15, -0.1) is 0 Å². The molecular formula is C25H32N4O3. The van der Waals surface area contributed by atoms with Crippen molar-refractivity contribution in [1.29, 1.82) is 0 Å². The van der Waals surface area contributed by atoms with Crippen LogP contribution in [0.1, 0.15) is 24.1 Å². The number of nitrogens with zero attached hydrogens (tertiary/aromatic N) is 2. The number of ether oxygens (including phenoxy) is 2. The van der Waals surface area contributed by atoms with Crippen LogP contribution < -0.4 is 15.4 Å². The van der Waals surface area contributed by atoms with E-state index >= 15 is 0 Å². The van der Waals surface area contributed by atoms with Gasteiger partial charge in [0.1, 0.15) is 5.75 Å². The fraction of sp³-hybridized carbons (Fsp3) is 0.360. The molecule has 0 aliphatic heterocycles. The number of nitrogens with one attached hydrogen (secondary N) is 2. The van der Waals surface area contributed by atoms with E-state index in [1.807, 2.05) is 56.6 Å². The minimum atomic E-state index is -0.248. The summed E-state index contributed by atoms with van der Waals surface area (Å²) in [6.07, 6.45) is 3.46. The molecule has 2 aromatic carbocycles. The minimum absolute atomic E-state index is 0.248. The van der Waals surface area contributed by atoms with Gasteiger partial charge in [0, 0.05) is 32.4 Å². The first-order valence-corrected chi connectivity index (χ1v) is 10.9. The molecule has 0 unspecified atom stereocenters. The third kappa shape index (κ3) is 6.34.